The molecule has 2 fully saturated rings. The third kappa shape index (κ3) is 6.59. The lowest BCUT2D eigenvalue weighted by Crippen LogP contribution is -2.49. The molecule has 2 heterocycles. The van der Waals surface area contributed by atoms with Crippen molar-refractivity contribution < 1.29 is 27.9 Å². The Labute approximate surface area is 216 Å². The van der Waals surface area contributed by atoms with Crippen LogP contribution in [0.25, 0.3) is 11.0 Å². The number of fused-ring (bicyclic) bond motifs is 1. The van der Waals surface area contributed by atoms with Crippen LogP contribution in [0.2, 0.25) is 5.02 Å². The molecule has 1 saturated carbocycles. The third-order valence-electron chi connectivity index (χ3n) is 6.01. The molecular formula is C25H25ClF3N5O3. The number of halogens is 4. The number of alkyl halides is 3. The normalized spacial score (nSPS) is 15.7. The van der Waals surface area contributed by atoms with Crippen molar-refractivity contribution in [1.29, 1.82) is 0 Å². The first-order chi connectivity index (χ1) is 17.5. The Hall–Kier alpha value is -3.60. The number of carboxylic acids is 1. The van der Waals surface area contributed by atoms with Gasteiger partial charge in [0.15, 0.2) is 11.6 Å². The van der Waals surface area contributed by atoms with Crippen molar-refractivity contribution in [1.82, 2.24) is 14.9 Å². The Kier molecular flexibility index (Phi) is 7.72. The molecule has 1 aliphatic carbocycles. The summed E-state index contributed by atoms with van der Waals surface area (Å²) in [6.07, 6.45) is -2.73. The van der Waals surface area contributed by atoms with Gasteiger partial charge in [-0.2, -0.15) is 13.2 Å². The van der Waals surface area contributed by atoms with Crippen LogP contribution in [0.3, 0.4) is 0 Å². The molecule has 1 aliphatic heterocycles. The Balaban J connectivity index is 0.000000405. The van der Waals surface area contributed by atoms with Crippen LogP contribution in [0.4, 0.5) is 24.8 Å². The first-order valence-electron chi connectivity index (χ1n) is 11.7. The second-order valence-electron chi connectivity index (χ2n) is 8.84. The first kappa shape index (κ1) is 26.5. The number of carbonyl (C=O) groups is 2. The van der Waals surface area contributed by atoms with Crippen LogP contribution in [0.1, 0.15) is 28.8 Å². The zero-order chi connectivity index (χ0) is 26.7. The van der Waals surface area contributed by atoms with Gasteiger partial charge < -0.3 is 20.2 Å². The maximum Gasteiger partial charge on any atom is 0.490 e. The number of nitrogens with zero attached hydrogens (tertiary/aromatic N) is 4. The van der Waals surface area contributed by atoms with E-state index in [9.17, 15) is 18.0 Å². The molecular weight excluding hydrogens is 511 g/mol. The van der Waals surface area contributed by atoms with Crippen molar-refractivity contribution in [2.24, 2.45) is 0 Å². The van der Waals surface area contributed by atoms with Crippen molar-refractivity contribution in [3.63, 3.8) is 0 Å². The van der Waals surface area contributed by atoms with E-state index in [1.165, 1.54) is 12.8 Å². The van der Waals surface area contributed by atoms with E-state index in [1.54, 1.807) is 6.07 Å². The largest absolute Gasteiger partial charge is 0.490 e. The Morgan fingerprint density at radius 1 is 1.03 bits per heavy atom. The summed E-state index contributed by atoms with van der Waals surface area (Å²) < 4.78 is 31.7. The lowest BCUT2D eigenvalue weighted by Gasteiger charge is -2.36. The molecule has 3 aromatic rings. The number of nitrogens with one attached hydrogen (secondary N) is 1. The number of para-hydroxylation sites is 2. The molecule has 8 nitrogen and oxygen atoms in total. The van der Waals surface area contributed by atoms with Crippen LogP contribution < -0.4 is 10.2 Å². The first-order valence-corrected chi connectivity index (χ1v) is 12.0. The fourth-order valence-electron chi connectivity index (χ4n) is 3.85. The highest BCUT2D eigenvalue weighted by Crippen LogP contribution is 2.31. The van der Waals surface area contributed by atoms with Crippen molar-refractivity contribution in [3.8, 4) is 0 Å². The van der Waals surface area contributed by atoms with Gasteiger partial charge in [0.1, 0.15) is 0 Å². The van der Waals surface area contributed by atoms with Crippen molar-refractivity contribution in [2.45, 2.75) is 32.0 Å². The van der Waals surface area contributed by atoms with Gasteiger partial charge in [0.05, 0.1) is 11.0 Å². The number of anilines is 2. The van der Waals surface area contributed by atoms with Crippen molar-refractivity contribution in [3.05, 3.63) is 58.6 Å². The van der Waals surface area contributed by atoms with Gasteiger partial charge in [-0.1, -0.05) is 29.8 Å². The Bertz CT molecular complexity index is 1310. The number of benzene rings is 2. The van der Waals surface area contributed by atoms with Gasteiger partial charge >= 0.3 is 12.1 Å². The summed E-state index contributed by atoms with van der Waals surface area (Å²) in [5.41, 5.74) is 3.41. The minimum Gasteiger partial charge on any atom is -0.475 e. The molecule has 0 atom stereocenters. The molecule has 37 heavy (non-hydrogen) atoms. The van der Waals surface area contributed by atoms with E-state index < -0.39 is 12.1 Å². The van der Waals surface area contributed by atoms with E-state index >= 15 is 0 Å². The second-order valence-corrected chi connectivity index (χ2v) is 9.28. The monoisotopic (exact) mass is 535 g/mol. The average Bonchev–Trinajstić information content (AvgIpc) is 3.69. The summed E-state index contributed by atoms with van der Waals surface area (Å²) >= 11 is 6.11. The minimum atomic E-state index is -5.08. The Morgan fingerprint density at radius 3 is 2.19 bits per heavy atom. The summed E-state index contributed by atoms with van der Waals surface area (Å²) in [5.74, 6) is -0.989. The fraction of sp³-hybridized carbons (Fsp3) is 0.360. The lowest BCUT2D eigenvalue weighted by atomic mass is 10.1. The van der Waals surface area contributed by atoms with E-state index in [1.807, 2.05) is 48.2 Å². The number of carbonyl (C=O) groups excluding carboxylic acids is 1. The van der Waals surface area contributed by atoms with E-state index in [-0.39, 0.29) is 5.91 Å². The second kappa shape index (κ2) is 10.8. The molecule has 5 rings (SSSR count). The smallest absolute Gasteiger partial charge is 0.475 e. The summed E-state index contributed by atoms with van der Waals surface area (Å²) in [7, 11) is 0. The summed E-state index contributed by atoms with van der Waals surface area (Å²) in [6, 6.07) is 13.9. The van der Waals surface area contributed by atoms with Crippen LogP contribution in [0.5, 0.6) is 0 Å². The van der Waals surface area contributed by atoms with Gasteiger partial charge in [0, 0.05) is 42.8 Å². The molecule has 0 spiro atoms. The average molecular weight is 536 g/mol. The number of rotatable bonds is 4. The molecule has 1 aromatic heterocycles. The number of aryl methyl sites for hydroxylation is 1. The topological polar surface area (TPSA) is 98.7 Å². The molecule has 0 radical (unpaired) electrons. The van der Waals surface area contributed by atoms with E-state index in [4.69, 9.17) is 31.5 Å². The van der Waals surface area contributed by atoms with E-state index in [2.05, 4.69) is 10.2 Å². The molecule has 196 valence electrons. The SMILES string of the molecule is Cc1ccc(Cl)cc1C(=O)N1CCN(c2nc3ccccc3nc2NC2CC2)CC1.O=C(O)C(F)(F)F. The molecule has 2 N–H and O–H groups in total. The number of aliphatic carboxylic acids is 1. The molecule has 0 bridgehead atoms. The quantitative estimate of drug-likeness (QED) is 0.497. The predicted octanol–water partition coefficient (Wildman–Crippen LogP) is 4.76. The van der Waals surface area contributed by atoms with Gasteiger partial charge in [0.25, 0.3) is 5.91 Å². The lowest BCUT2D eigenvalue weighted by molar-refractivity contribution is -0.192. The van der Waals surface area contributed by atoms with Crippen LogP contribution in [-0.4, -0.2) is 70.2 Å². The molecule has 2 aromatic carbocycles. The van der Waals surface area contributed by atoms with Crippen LogP contribution in [-0.2, 0) is 4.79 Å². The van der Waals surface area contributed by atoms with Crippen LogP contribution >= 0.6 is 11.6 Å². The van der Waals surface area contributed by atoms with Gasteiger partial charge in [-0.25, -0.2) is 14.8 Å². The number of hydrogen-bond donors (Lipinski definition) is 2. The number of amides is 1. The van der Waals surface area contributed by atoms with Crippen LogP contribution in [0, 0.1) is 6.92 Å². The van der Waals surface area contributed by atoms with Gasteiger partial charge in [0.2, 0.25) is 0 Å². The summed E-state index contributed by atoms with van der Waals surface area (Å²) in [6.45, 7) is 4.67. The fourth-order valence-corrected chi connectivity index (χ4v) is 4.02. The van der Waals surface area contributed by atoms with Crippen LogP contribution in [0.15, 0.2) is 42.5 Å². The predicted molar refractivity (Wildman–Crippen MR) is 134 cm³/mol. The molecule has 12 heteroatoms. The third-order valence-corrected chi connectivity index (χ3v) is 6.24. The zero-order valence-corrected chi connectivity index (χ0v) is 20.7. The highest BCUT2D eigenvalue weighted by atomic mass is 35.5. The molecule has 0 unspecified atom stereocenters. The summed E-state index contributed by atoms with van der Waals surface area (Å²) in [4.78, 5) is 35.8. The highest BCUT2D eigenvalue weighted by Gasteiger charge is 2.38. The summed E-state index contributed by atoms with van der Waals surface area (Å²) in [5, 5.41) is 11.2. The number of hydrogen-bond acceptors (Lipinski definition) is 6. The maximum atomic E-state index is 13.0. The van der Waals surface area contributed by atoms with Gasteiger partial charge in [-0.05, 0) is 49.6 Å². The van der Waals surface area contributed by atoms with Crippen molar-refractivity contribution in [2.75, 3.05) is 36.4 Å². The number of aromatic nitrogens is 2. The zero-order valence-electron chi connectivity index (χ0n) is 19.9. The molecule has 1 amide bonds. The maximum absolute atomic E-state index is 13.0. The van der Waals surface area contributed by atoms with Crippen molar-refractivity contribution >= 4 is 46.1 Å². The minimum absolute atomic E-state index is 0.0376. The van der Waals surface area contributed by atoms with Gasteiger partial charge in [-0.3, -0.25) is 4.79 Å². The Morgan fingerprint density at radius 2 is 1.62 bits per heavy atom. The standard InChI is InChI=1S/C23H24ClN5O.C2HF3O2/c1-15-6-7-16(24)14-18(15)23(30)29-12-10-28(11-13-29)22-21(25-17-8-9-17)26-19-4-2-3-5-20(19)27-22;3-2(4,5)1(6)7/h2-7,14,17H,8-13H2,1H3,(H,25,26);(H,6,7). The number of carboxylic acid groups (broad SMARTS) is 1. The van der Waals surface area contributed by atoms with E-state index in [0.717, 1.165) is 41.3 Å². The van der Waals surface area contributed by atoms with Gasteiger partial charge in [-0.15, -0.1) is 0 Å². The highest BCUT2D eigenvalue weighted by molar-refractivity contribution is 6.31. The van der Waals surface area contributed by atoms with E-state index in [0.29, 0.717) is 29.7 Å². The number of piperazine rings is 1. The molecule has 1 saturated heterocycles. The molecule has 2 aliphatic rings.